The summed E-state index contributed by atoms with van der Waals surface area (Å²) in [5.74, 6) is 1.36. The molecule has 1 N–H and O–H groups in total. The molecule has 3 heterocycles. The molecule has 0 radical (unpaired) electrons. The highest BCUT2D eigenvalue weighted by molar-refractivity contribution is 6.33. The van der Waals surface area contributed by atoms with Crippen LogP contribution in [0.15, 0.2) is 24.4 Å². The Morgan fingerprint density at radius 3 is 2.61 bits per heavy atom. The average Bonchev–Trinajstić information content (AvgIpc) is 2.59. The molecule has 0 aromatic carbocycles. The number of β-amino-alcohol motifs (C(OH)–C–C–N with tert-alkyl or cyclic N) is 1. The van der Waals surface area contributed by atoms with Gasteiger partial charge in [0, 0.05) is 38.9 Å². The van der Waals surface area contributed by atoms with Crippen LogP contribution < -0.4 is 4.90 Å². The second-order valence-corrected chi connectivity index (χ2v) is 5.92. The maximum absolute atomic E-state index is 9.04. The maximum Gasteiger partial charge on any atom is 0.180 e. The number of rotatable bonds is 4. The summed E-state index contributed by atoms with van der Waals surface area (Å²) in [5, 5.41) is 9.64. The first-order valence-corrected chi connectivity index (χ1v) is 8.10. The van der Waals surface area contributed by atoms with Crippen LogP contribution >= 0.6 is 11.6 Å². The quantitative estimate of drug-likeness (QED) is 0.917. The van der Waals surface area contributed by atoms with Crippen LogP contribution in [0.5, 0.6) is 0 Å². The lowest BCUT2D eigenvalue weighted by Crippen LogP contribution is -2.47. The Morgan fingerprint density at radius 1 is 1.17 bits per heavy atom. The Hall–Kier alpha value is -1.76. The van der Waals surface area contributed by atoms with Crippen molar-refractivity contribution in [3.63, 3.8) is 0 Å². The smallest absolute Gasteiger partial charge is 0.180 e. The fourth-order valence-corrected chi connectivity index (χ4v) is 2.89. The molecule has 2 aromatic heterocycles. The number of hydrogen-bond donors (Lipinski definition) is 1. The van der Waals surface area contributed by atoms with Crippen LogP contribution in [0.3, 0.4) is 0 Å². The van der Waals surface area contributed by atoms with Gasteiger partial charge in [-0.05, 0) is 19.1 Å². The van der Waals surface area contributed by atoms with E-state index in [0.717, 1.165) is 43.4 Å². The average molecular weight is 334 g/mol. The summed E-state index contributed by atoms with van der Waals surface area (Å²) >= 11 is 6.44. The third kappa shape index (κ3) is 3.60. The van der Waals surface area contributed by atoms with Crippen molar-refractivity contribution < 1.29 is 5.11 Å². The van der Waals surface area contributed by atoms with Gasteiger partial charge >= 0.3 is 0 Å². The SMILES string of the molecule is Cc1nc(-c2ccccn2)nc(N2CCN(CCO)CC2)c1Cl. The zero-order valence-electron chi connectivity index (χ0n) is 13.1. The van der Waals surface area contributed by atoms with E-state index in [4.69, 9.17) is 16.7 Å². The highest BCUT2D eigenvalue weighted by atomic mass is 35.5. The van der Waals surface area contributed by atoms with Gasteiger partial charge < -0.3 is 10.0 Å². The molecule has 0 saturated carbocycles. The van der Waals surface area contributed by atoms with Crippen LogP contribution in [-0.4, -0.2) is 64.3 Å². The molecule has 0 amide bonds. The van der Waals surface area contributed by atoms with Crippen molar-refractivity contribution in [2.24, 2.45) is 0 Å². The minimum atomic E-state index is 0.192. The molecule has 23 heavy (non-hydrogen) atoms. The van der Waals surface area contributed by atoms with E-state index in [1.165, 1.54) is 0 Å². The third-order valence-electron chi connectivity index (χ3n) is 3.98. The molecular formula is C16H20ClN5O. The molecule has 0 unspecified atom stereocenters. The van der Waals surface area contributed by atoms with Crippen molar-refractivity contribution in [1.29, 1.82) is 0 Å². The second-order valence-electron chi connectivity index (χ2n) is 5.54. The first-order valence-electron chi connectivity index (χ1n) is 7.72. The van der Waals surface area contributed by atoms with E-state index in [9.17, 15) is 0 Å². The molecule has 3 rings (SSSR count). The monoisotopic (exact) mass is 333 g/mol. The van der Waals surface area contributed by atoms with Gasteiger partial charge in [-0.15, -0.1) is 0 Å². The summed E-state index contributed by atoms with van der Waals surface area (Å²) in [6.07, 6.45) is 1.73. The summed E-state index contributed by atoms with van der Waals surface area (Å²) in [6, 6.07) is 5.68. The fraction of sp³-hybridized carbons (Fsp3) is 0.438. The van der Waals surface area contributed by atoms with Crippen molar-refractivity contribution in [3.8, 4) is 11.5 Å². The van der Waals surface area contributed by atoms with Crippen molar-refractivity contribution in [1.82, 2.24) is 19.9 Å². The predicted octanol–water partition coefficient (Wildman–Crippen LogP) is 1.61. The number of anilines is 1. The fourth-order valence-electron chi connectivity index (χ4n) is 2.69. The van der Waals surface area contributed by atoms with E-state index in [-0.39, 0.29) is 6.61 Å². The highest BCUT2D eigenvalue weighted by Crippen LogP contribution is 2.29. The van der Waals surface area contributed by atoms with Crippen LogP contribution in [0.25, 0.3) is 11.5 Å². The van der Waals surface area contributed by atoms with Gasteiger partial charge in [-0.2, -0.15) is 0 Å². The maximum atomic E-state index is 9.04. The molecule has 0 atom stereocenters. The molecule has 0 spiro atoms. The summed E-state index contributed by atoms with van der Waals surface area (Å²) in [6.45, 7) is 6.23. The molecule has 122 valence electrons. The number of aliphatic hydroxyl groups is 1. The van der Waals surface area contributed by atoms with Crippen LogP contribution in [-0.2, 0) is 0 Å². The Labute approximate surface area is 140 Å². The van der Waals surface area contributed by atoms with Crippen molar-refractivity contribution >= 4 is 17.4 Å². The number of hydrogen-bond acceptors (Lipinski definition) is 6. The van der Waals surface area contributed by atoms with Crippen LogP contribution in [0, 0.1) is 6.92 Å². The largest absolute Gasteiger partial charge is 0.395 e. The van der Waals surface area contributed by atoms with Gasteiger partial charge in [0.2, 0.25) is 0 Å². The number of aromatic nitrogens is 3. The van der Waals surface area contributed by atoms with Crippen LogP contribution in [0.1, 0.15) is 5.69 Å². The Morgan fingerprint density at radius 2 is 1.96 bits per heavy atom. The van der Waals surface area contributed by atoms with Crippen molar-refractivity contribution in [3.05, 3.63) is 35.1 Å². The zero-order valence-corrected chi connectivity index (χ0v) is 13.9. The van der Waals surface area contributed by atoms with Crippen LogP contribution in [0.2, 0.25) is 5.02 Å². The molecule has 1 fully saturated rings. The van der Waals surface area contributed by atoms with Gasteiger partial charge in [0.05, 0.1) is 12.3 Å². The molecule has 0 bridgehead atoms. The number of nitrogens with zero attached hydrogens (tertiary/aromatic N) is 5. The van der Waals surface area contributed by atoms with Gasteiger partial charge in [0.15, 0.2) is 11.6 Å². The van der Waals surface area contributed by atoms with Crippen molar-refractivity contribution in [2.75, 3.05) is 44.2 Å². The van der Waals surface area contributed by atoms with Crippen molar-refractivity contribution in [2.45, 2.75) is 6.92 Å². The molecular weight excluding hydrogens is 314 g/mol. The molecule has 6 nitrogen and oxygen atoms in total. The molecule has 1 aliphatic heterocycles. The van der Waals surface area contributed by atoms with E-state index >= 15 is 0 Å². The van der Waals surface area contributed by atoms with E-state index < -0.39 is 0 Å². The predicted molar refractivity (Wildman–Crippen MR) is 90.7 cm³/mol. The number of aryl methyl sites for hydroxylation is 1. The van der Waals surface area contributed by atoms with Gasteiger partial charge in [-0.25, -0.2) is 9.97 Å². The standard InChI is InChI=1S/C16H20ClN5O/c1-12-14(17)16(22-8-6-21(7-9-22)10-11-23)20-15(19-12)13-4-2-3-5-18-13/h2-5,23H,6-11H2,1H3. The van der Waals surface area contributed by atoms with Gasteiger partial charge in [0.25, 0.3) is 0 Å². The highest BCUT2D eigenvalue weighted by Gasteiger charge is 2.22. The van der Waals surface area contributed by atoms with E-state index in [1.807, 2.05) is 25.1 Å². The second kappa shape index (κ2) is 7.21. The molecule has 2 aromatic rings. The van der Waals surface area contributed by atoms with Gasteiger partial charge in [-0.1, -0.05) is 17.7 Å². The lowest BCUT2D eigenvalue weighted by Gasteiger charge is -2.35. The number of pyridine rings is 1. The molecule has 1 saturated heterocycles. The third-order valence-corrected chi connectivity index (χ3v) is 4.42. The summed E-state index contributed by atoms with van der Waals surface area (Å²) in [7, 11) is 0. The Balaban J connectivity index is 1.86. The Kier molecular flexibility index (Phi) is 5.05. The first-order chi connectivity index (χ1) is 11.2. The zero-order chi connectivity index (χ0) is 16.2. The lowest BCUT2D eigenvalue weighted by atomic mass is 10.2. The number of halogens is 1. The minimum Gasteiger partial charge on any atom is -0.395 e. The van der Waals surface area contributed by atoms with Gasteiger partial charge in [0.1, 0.15) is 10.7 Å². The summed E-state index contributed by atoms with van der Waals surface area (Å²) in [5.41, 5.74) is 1.50. The first kappa shape index (κ1) is 16.1. The normalized spacial score (nSPS) is 15.9. The number of piperazine rings is 1. The summed E-state index contributed by atoms with van der Waals surface area (Å²) < 4.78 is 0. The number of aliphatic hydroxyl groups excluding tert-OH is 1. The Bertz CT molecular complexity index is 659. The van der Waals surface area contributed by atoms with E-state index in [1.54, 1.807) is 6.20 Å². The van der Waals surface area contributed by atoms with Crippen LogP contribution in [0.4, 0.5) is 5.82 Å². The topological polar surface area (TPSA) is 65.4 Å². The minimum absolute atomic E-state index is 0.192. The van der Waals surface area contributed by atoms with E-state index in [0.29, 0.717) is 17.4 Å². The van der Waals surface area contributed by atoms with E-state index in [2.05, 4.69) is 24.8 Å². The molecule has 0 aliphatic carbocycles. The molecule has 7 heteroatoms. The summed E-state index contributed by atoms with van der Waals surface area (Å²) in [4.78, 5) is 17.8. The lowest BCUT2D eigenvalue weighted by molar-refractivity contribution is 0.188. The molecule has 1 aliphatic rings. The van der Waals surface area contributed by atoms with Gasteiger partial charge in [-0.3, -0.25) is 9.88 Å².